The van der Waals surface area contributed by atoms with Gasteiger partial charge in [-0.1, -0.05) is 26.0 Å². The van der Waals surface area contributed by atoms with Crippen LogP contribution in [0, 0.1) is 0 Å². The minimum absolute atomic E-state index is 0.244. The summed E-state index contributed by atoms with van der Waals surface area (Å²) in [6.45, 7) is 5.30. The molecule has 2 aliphatic heterocycles. The second-order valence-electron chi connectivity index (χ2n) is 7.83. The van der Waals surface area contributed by atoms with E-state index in [1.54, 1.807) is 12.1 Å². The van der Waals surface area contributed by atoms with Crippen molar-refractivity contribution in [1.29, 1.82) is 0 Å². The average molecular weight is 401 g/mol. The predicted octanol–water partition coefficient (Wildman–Crippen LogP) is 2.39. The Morgan fingerprint density at radius 1 is 0.962 bits per heavy atom. The fourth-order valence-corrected chi connectivity index (χ4v) is 7.25. The highest BCUT2D eigenvalue weighted by molar-refractivity contribution is 7.89. The van der Waals surface area contributed by atoms with E-state index in [-0.39, 0.29) is 11.4 Å². The Labute approximate surface area is 157 Å². The van der Waals surface area contributed by atoms with Gasteiger partial charge in [-0.25, -0.2) is 16.8 Å². The van der Waals surface area contributed by atoms with Gasteiger partial charge in [0.25, 0.3) is 0 Å². The van der Waals surface area contributed by atoms with Gasteiger partial charge in [0.1, 0.15) is 0 Å². The molecule has 0 N–H and O–H groups in total. The molecular weight excluding hydrogens is 372 g/mol. The number of sulfonamides is 2. The van der Waals surface area contributed by atoms with Crippen LogP contribution < -0.4 is 0 Å². The number of hydrogen-bond donors (Lipinski definition) is 0. The molecule has 2 heterocycles. The van der Waals surface area contributed by atoms with E-state index in [0.29, 0.717) is 25.4 Å². The van der Waals surface area contributed by atoms with E-state index in [2.05, 4.69) is 13.8 Å². The summed E-state index contributed by atoms with van der Waals surface area (Å²) in [5, 5.41) is 0. The molecule has 0 aliphatic carbocycles. The maximum Gasteiger partial charge on any atom is 0.243 e. The topological polar surface area (TPSA) is 74.8 Å². The van der Waals surface area contributed by atoms with Gasteiger partial charge >= 0.3 is 0 Å². The molecule has 0 amide bonds. The van der Waals surface area contributed by atoms with Crippen LogP contribution in [-0.4, -0.2) is 56.9 Å². The molecule has 3 rings (SSSR count). The van der Waals surface area contributed by atoms with Gasteiger partial charge in [0, 0.05) is 25.2 Å². The van der Waals surface area contributed by atoms with E-state index in [4.69, 9.17) is 0 Å². The zero-order chi connectivity index (χ0) is 19.2. The molecule has 146 valence electrons. The molecule has 1 aromatic rings. The molecule has 2 fully saturated rings. The molecule has 0 aromatic heterocycles. The van der Waals surface area contributed by atoms with Crippen LogP contribution in [0.3, 0.4) is 0 Å². The van der Waals surface area contributed by atoms with Crippen LogP contribution in [0.1, 0.15) is 51.0 Å². The molecule has 0 radical (unpaired) electrons. The van der Waals surface area contributed by atoms with Gasteiger partial charge in [-0.2, -0.15) is 8.61 Å². The van der Waals surface area contributed by atoms with Crippen LogP contribution in [0.25, 0.3) is 0 Å². The van der Waals surface area contributed by atoms with Gasteiger partial charge in [0.15, 0.2) is 0 Å². The van der Waals surface area contributed by atoms with Crippen LogP contribution in [-0.2, 0) is 20.0 Å². The van der Waals surface area contributed by atoms with E-state index in [0.717, 1.165) is 24.8 Å². The highest BCUT2D eigenvalue weighted by Gasteiger charge is 2.49. The van der Waals surface area contributed by atoms with Gasteiger partial charge < -0.3 is 0 Å². The molecule has 6 nitrogen and oxygen atoms in total. The van der Waals surface area contributed by atoms with E-state index >= 15 is 0 Å². The van der Waals surface area contributed by atoms with Gasteiger partial charge in [0.2, 0.25) is 20.0 Å². The summed E-state index contributed by atoms with van der Waals surface area (Å²) >= 11 is 0. The zero-order valence-electron chi connectivity index (χ0n) is 15.7. The van der Waals surface area contributed by atoms with E-state index in [1.807, 2.05) is 12.1 Å². The molecule has 1 atom stereocenters. The normalized spacial score (nSPS) is 26.0. The quantitative estimate of drug-likeness (QED) is 0.778. The summed E-state index contributed by atoms with van der Waals surface area (Å²) in [5.74, 6) is 0.340. The lowest BCUT2D eigenvalue weighted by molar-refractivity contribution is 0.138. The van der Waals surface area contributed by atoms with Crippen LogP contribution in [0.2, 0.25) is 0 Å². The smallest absolute Gasteiger partial charge is 0.212 e. The monoisotopic (exact) mass is 400 g/mol. The van der Waals surface area contributed by atoms with Crippen molar-refractivity contribution in [2.75, 3.05) is 25.9 Å². The molecular formula is C18H28N2O4S2. The molecule has 8 heteroatoms. The SMILES string of the molecule is CC(C)c1ccc(S(=O)(=O)N2CCC[C@]3(CCCN3S(C)(=O)=O)C2)cc1. The number of hydrogen-bond acceptors (Lipinski definition) is 4. The fourth-order valence-electron chi connectivity index (χ4n) is 4.29. The Bertz CT molecular complexity index is 863. The first-order valence-electron chi connectivity index (χ1n) is 9.14. The second kappa shape index (κ2) is 6.89. The third-order valence-corrected chi connectivity index (χ3v) is 8.87. The average Bonchev–Trinajstić information content (AvgIpc) is 2.98. The lowest BCUT2D eigenvalue weighted by Crippen LogP contribution is -2.58. The fraction of sp³-hybridized carbons (Fsp3) is 0.667. The highest BCUT2D eigenvalue weighted by Crippen LogP contribution is 2.40. The summed E-state index contributed by atoms with van der Waals surface area (Å²) in [6.07, 6.45) is 4.12. The van der Waals surface area contributed by atoms with Crippen molar-refractivity contribution in [3.63, 3.8) is 0 Å². The van der Waals surface area contributed by atoms with Crippen molar-refractivity contribution < 1.29 is 16.8 Å². The van der Waals surface area contributed by atoms with Crippen LogP contribution >= 0.6 is 0 Å². The summed E-state index contributed by atoms with van der Waals surface area (Å²) in [5.41, 5.74) is 0.509. The Morgan fingerprint density at radius 2 is 1.54 bits per heavy atom. The molecule has 0 bridgehead atoms. The standard InChI is InChI=1S/C18H28N2O4S2/c1-15(2)16-6-8-17(9-7-16)26(23,24)19-12-4-10-18(14-19)11-5-13-20(18)25(3,21)22/h6-9,15H,4-5,10-14H2,1-3H3/t18-/m0/s1. The van der Waals surface area contributed by atoms with E-state index in [9.17, 15) is 16.8 Å². The van der Waals surface area contributed by atoms with E-state index in [1.165, 1.54) is 14.9 Å². The first-order chi connectivity index (χ1) is 12.1. The van der Waals surface area contributed by atoms with Gasteiger partial charge in [-0.15, -0.1) is 0 Å². The summed E-state index contributed by atoms with van der Waals surface area (Å²) in [6, 6.07) is 7.04. The highest BCUT2D eigenvalue weighted by atomic mass is 32.2. The van der Waals surface area contributed by atoms with Crippen molar-refractivity contribution in [3.8, 4) is 0 Å². The number of rotatable bonds is 4. The van der Waals surface area contributed by atoms with Crippen molar-refractivity contribution in [1.82, 2.24) is 8.61 Å². The Kier molecular flexibility index (Phi) is 5.24. The Morgan fingerprint density at radius 3 is 2.08 bits per heavy atom. The predicted molar refractivity (Wildman–Crippen MR) is 102 cm³/mol. The zero-order valence-corrected chi connectivity index (χ0v) is 17.3. The maximum absolute atomic E-state index is 13.1. The lowest BCUT2D eigenvalue weighted by atomic mass is 9.89. The van der Waals surface area contributed by atoms with Crippen molar-refractivity contribution in [2.45, 2.75) is 55.9 Å². The first-order valence-corrected chi connectivity index (χ1v) is 12.4. The summed E-state index contributed by atoms with van der Waals surface area (Å²) < 4.78 is 53.6. The molecule has 1 aromatic carbocycles. The van der Waals surface area contributed by atoms with Gasteiger partial charge in [0.05, 0.1) is 11.2 Å². The summed E-state index contributed by atoms with van der Waals surface area (Å²) in [7, 11) is -6.97. The molecule has 26 heavy (non-hydrogen) atoms. The molecule has 2 aliphatic rings. The molecule has 2 saturated heterocycles. The summed E-state index contributed by atoms with van der Waals surface area (Å²) in [4.78, 5) is 0.280. The van der Waals surface area contributed by atoms with Gasteiger partial charge in [-0.3, -0.25) is 0 Å². The van der Waals surface area contributed by atoms with Crippen LogP contribution in [0.4, 0.5) is 0 Å². The Balaban J connectivity index is 1.89. The molecule has 0 unspecified atom stereocenters. The molecule has 1 spiro atoms. The third kappa shape index (κ3) is 3.56. The van der Waals surface area contributed by atoms with Gasteiger partial charge in [-0.05, 0) is 49.3 Å². The number of piperidine rings is 1. The first kappa shape index (κ1) is 19.8. The van der Waals surface area contributed by atoms with E-state index < -0.39 is 25.6 Å². The largest absolute Gasteiger partial charge is 0.243 e. The maximum atomic E-state index is 13.1. The van der Waals surface area contributed by atoms with Crippen molar-refractivity contribution in [3.05, 3.63) is 29.8 Å². The second-order valence-corrected chi connectivity index (χ2v) is 11.7. The van der Waals surface area contributed by atoms with Crippen molar-refractivity contribution in [2.24, 2.45) is 0 Å². The third-order valence-electron chi connectivity index (χ3n) is 5.64. The van der Waals surface area contributed by atoms with Crippen LogP contribution in [0.5, 0.6) is 0 Å². The number of benzene rings is 1. The van der Waals surface area contributed by atoms with Crippen LogP contribution in [0.15, 0.2) is 29.2 Å². The molecule has 0 saturated carbocycles. The minimum Gasteiger partial charge on any atom is -0.212 e. The lowest BCUT2D eigenvalue weighted by Gasteiger charge is -2.44. The Hall–Kier alpha value is -0.960. The van der Waals surface area contributed by atoms with Crippen molar-refractivity contribution >= 4 is 20.0 Å². The minimum atomic E-state index is -3.63. The number of nitrogens with zero attached hydrogens (tertiary/aromatic N) is 2.